The van der Waals surface area contributed by atoms with Gasteiger partial charge in [0.25, 0.3) is 0 Å². The van der Waals surface area contributed by atoms with Gasteiger partial charge in [-0.3, -0.25) is 4.79 Å². The van der Waals surface area contributed by atoms with Gasteiger partial charge in [-0.15, -0.1) is 11.3 Å². The number of ketones is 1. The topological polar surface area (TPSA) is 20.3 Å². The summed E-state index contributed by atoms with van der Waals surface area (Å²) in [7, 11) is 2.02. The SMILES string of the molecule is CN1CCC(=O)c2sc(Br)cc21. The fourth-order valence-corrected chi connectivity index (χ4v) is 2.94. The van der Waals surface area contributed by atoms with Crippen LogP contribution in [-0.4, -0.2) is 19.4 Å². The van der Waals surface area contributed by atoms with E-state index in [1.165, 1.54) is 11.3 Å². The van der Waals surface area contributed by atoms with Crippen LogP contribution in [0.15, 0.2) is 9.85 Å². The van der Waals surface area contributed by atoms with Crippen LogP contribution in [0.4, 0.5) is 5.69 Å². The maximum Gasteiger partial charge on any atom is 0.176 e. The molecule has 4 heteroatoms. The minimum atomic E-state index is 0.277. The van der Waals surface area contributed by atoms with E-state index in [4.69, 9.17) is 0 Å². The van der Waals surface area contributed by atoms with Gasteiger partial charge in [0, 0.05) is 20.0 Å². The van der Waals surface area contributed by atoms with Gasteiger partial charge in [-0.25, -0.2) is 0 Å². The number of Topliss-reactive ketones (excluding diaryl/α,β-unsaturated/α-hetero) is 1. The smallest absolute Gasteiger partial charge is 0.176 e. The Hall–Kier alpha value is -0.350. The zero-order chi connectivity index (χ0) is 8.72. The van der Waals surface area contributed by atoms with Gasteiger partial charge in [0.1, 0.15) is 0 Å². The van der Waals surface area contributed by atoms with Gasteiger partial charge in [0.05, 0.1) is 14.4 Å². The highest BCUT2D eigenvalue weighted by atomic mass is 79.9. The van der Waals surface area contributed by atoms with Crippen LogP contribution in [0.25, 0.3) is 0 Å². The van der Waals surface area contributed by atoms with Gasteiger partial charge in [-0.2, -0.15) is 0 Å². The summed E-state index contributed by atoms with van der Waals surface area (Å²) in [6, 6.07) is 2.01. The predicted octanol–water partition coefficient (Wildman–Crippen LogP) is 2.53. The van der Waals surface area contributed by atoms with Gasteiger partial charge in [-0.05, 0) is 22.0 Å². The molecule has 1 aromatic rings. The number of nitrogens with zero attached hydrogens (tertiary/aromatic N) is 1. The van der Waals surface area contributed by atoms with Crippen LogP contribution in [0.1, 0.15) is 16.1 Å². The van der Waals surface area contributed by atoms with Gasteiger partial charge < -0.3 is 4.90 Å². The Balaban J connectivity index is 2.54. The number of anilines is 1. The summed E-state index contributed by atoms with van der Waals surface area (Å²) in [6.45, 7) is 0.842. The molecule has 0 aromatic carbocycles. The number of carbonyl (C=O) groups excluding carboxylic acids is 1. The summed E-state index contributed by atoms with van der Waals surface area (Å²) in [6.07, 6.45) is 0.649. The first-order chi connectivity index (χ1) is 5.68. The second-order valence-corrected chi connectivity index (χ2v) is 5.29. The minimum absolute atomic E-state index is 0.277. The molecule has 0 radical (unpaired) electrons. The zero-order valence-corrected chi connectivity index (χ0v) is 9.04. The van der Waals surface area contributed by atoms with E-state index in [0.29, 0.717) is 6.42 Å². The second-order valence-electron chi connectivity index (χ2n) is 2.86. The zero-order valence-electron chi connectivity index (χ0n) is 6.63. The fraction of sp³-hybridized carbons (Fsp3) is 0.375. The summed E-state index contributed by atoms with van der Waals surface area (Å²) in [4.78, 5) is 14.4. The molecule has 2 nitrogen and oxygen atoms in total. The highest BCUT2D eigenvalue weighted by Gasteiger charge is 2.23. The summed E-state index contributed by atoms with van der Waals surface area (Å²) in [5, 5.41) is 0. The third-order valence-electron chi connectivity index (χ3n) is 2.02. The summed E-state index contributed by atoms with van der Waals surface area (Å²) in [5.41, 5.74) is 1.07. The van der Waals surface area contributed by atoms with Crippen molar-refractivity contribution in [3.63, 3.8) is 0 Å². The van der Waals surface area contributed by atoms with Crippen LogP contribution in [0.5, 0.6) is 0 Å². The summed E-state index contributed by atoms with van der Waals surface area (Å²) < 4.78 is 1.04. The highest BCUT2D eigenvalue weighted by molar-refractivity contribution is 9.11. The van der Waals surface area contributed by atoms with E-state index in [2.05, 4.69) is 20.8 Å². The van der Waals surface area contributed by atoms with Crippen molar-refractivity contribution in [3.05, 3.63) is 14.7 Å². The van der Waals surface area contributed by atoms with Crippen LogP contribution in [0.2, 0.25) is 0 Å². The van der Waals surface area contributed by atoms with Crippen molar-refractivity contribution in [2.75, 3.05) is 18.5 Å². The Morgan fingerprint density at radius 2 is 2.42 bits per heavy atom. The monoisotopic (exact) mass is 245 g/mol. The normalized spacial score (nSPS) is 16.5. The summed E-state index contributed by atoms with van der Waals surface area (Å²) >= 11 is 4.91. The van der Waals surface area contributed by atoms with Crippen LogP contribution in [0.3, 0.4) is 0 Å². The van der Waals surface area contributed by atoms with E-state index in [-0.39, 0.29) is 5.78 Å². The van der Waals surface area contributed by atoms with E-state index in [1.54, 1.807) is 0 Å². The Morgan fingerprint density at radius 3 is 3.08 bits per heavy atom. The Bertz CT molecular complexity index is 334. The number of halogens is 1. The fourth-order valence-electron chi connectivity index (χ4n) is 1.34. The number of fused-ring (bicyclic) bond motifs is 1. The first-order valence-corrected chi connectivity index (χ1v) is 5.33. The van der Waals surface area contributed by atoms with Gasteiger partial charge in [-0.1, -0.05) is 0 Å². The van der Waals surface area contributed by atoms with Crippen LogP contribution < -0.4 is 4.90 Å². The molecule has 2 rings (SSSR count). The van der Waals surface area contributed by atoms with Crippen molar-refractivity contribution in [1.82, 2.24) is 0 Å². The Morgan fingerprint density at radius 1 is 1.67 bits per heavy atom. The van der Waals surface area contributed by atoms with Crippen molar-refractivity contribution in [2.45, 2.75) is 6.42 Å². The van der Waals surface area contributed by atoms with E-state index in [1.807, 2.05) is 13.1 Å². The molecule has 0 fully saturated rings. The average Bonchev–Trinajstić information content (AvgIpc) is 2.41. The summed E-state index contributed by atoms with van der Waals surface area (Å²) in [5.74, 6) is 0.277. The second kappa shape index (κ2) is 2.85. The maximum absolute atomic E-state index is 11.4. The molecule has 0 saturated carbocycles. The lowest BCUT2D eigenvalue weighted by molar-refractivity contribution is 0.0984. The Kier molecular flexibility index (Phi) is 1.96. The van der Waals surface area contributed by atoms with E-state index >= 15 is 0 Å². The van der Waals surface area contributed by atoms with Crippen molar-refractivity contribution in [1.29, 1.82) is 0 Å². The molecular formula is C8H8BrNOS. The molecule has 0 atom stereocenters. The third kappa shape index (κ3) is 1.19. The molecule has 2 heterocycles. The number of rotatable bonds is 0. The first-order valence-electron chi connectivity index (χ1n) is 3.72. The minimum Gasteiger partial charge on any atom is -0.373 e. The first kappa shape index (κ1) is 8.26. The molecule has 0 amide bonds. The number of carbonyl (C=O) groups is 1. The molecule has 0 saturated heterocycles. The molecule has 0 unspecified atom stereocenters. The van der Waals surface area contributed by atoms with Crippen molar-refractivity contribution in [3.8, 4) is 0 Å². The molecule has 0 bridgehead atoms. The van der Waals surface area contributed by atoms with Gasteiger partial charge in [0.15, 0.2) is 5.78 Å². The van der Waals surface area contributed by atoms with Crippen LogP contribution in [0, 0.1) is 0 Å². The maximum atomic E-state index is 11.4. The average molecular weight is 246 g/mol. The highest BCUT2D eigenvalue weighted by Crippen LogP contribution is 2.36. The molecule has 0 N–H and O–H groups in total. The lowest BCUT2D eigenvalue weighted by Crippen LogP contribution is -2.26. The molecular weight excluding hydrogens is 238 g/mol. The molecule has 1 aliphatic heterocycles. The quantitative estimate of drug-likeness (QED) is 0.701. The predicted molar refractivity (Wildman–Crippen MR) is 54.2 cm³/mol. The standard InChI is InChI=1S/C8H8BrNOS/c1-10-3-2-6(11)8-5(10)4-7(9)12-8/h4H,2-3H2,1H3. The molecule has 0 aliphatic carbocycles. The third-order valence-corrected chi connectivity index (χ3v) is 3.69. The van der Waals surface area contributed by atoms with E-state index < -0.39 is 0 Å². The molecule has 64 valence electrons. The molecule has 0 spiro atoms. The van der Waals surface area contributed by atoms with Crippen molar-refractivity contribution >= 4 is 38.7 Å². The van der Waals surface area contributed by atoms with E-state index in [9.17, 15) is 4.79 Å². The largest absolute Gasteiger partial charge is 0.373 e. The number of hydrogen-bond acceptors (Lipinski definition) is 3. The lowest BCUT2D eigenvalue weighted by Gasteiger charge is -2.22. The van der Waals surface area contributed by atoms with Crippen LogP contribution in [-0.2, 0) is 0 Å². The molecule has 1 aliphatic rings. The Labute approximate surface area is 83.3 Å². The lowest BCUT2D eigenvalue weighted by atomic mass is 10.1. The van der Waals surface area contributed by atoms with Crippen LogP contribution >= 0.6 is 27.3 Å². The van der Waals surface area contributed by atoms with E-state index in [0.717, 1.165) is 20.9 Å². The number of hydrogen-bond donors (Lipinski definition) is 0. The van der Waals surface area contributed by atoms with Gasteiger partial charge >= 0.3 is 0 Å². The number of thiophene rings is 1. The van der Waals surface area contributed by atoms with Crippen molar-refractivity contribution in [2.24, 2.45) is 0 Å². The molecule has 12 heavy (non-hydrogen) atoms. The van der Waals surface area contributed by atoms with Crippen molar-refractivity contribution < 1.29 is 4.79 Å². The van der Waals surface area contributed by atoms with Gasteiger partial charge in [0.2, 0.25) is 0 Å². The molecule has 1 aromatic heterocycles.